The third-order valence-corrected chi connectivity index (χ3v) is 4.05. The van der Waals surface area contributed by atoms with Gasteiger partial charge in [-0.05, 0) is 36.8 Å². The van der Waals surface area contributed by atoms with Gasteiger partial charge in [-0.25, -0.2) is 0 Å². The minimum atomic E-state index is -0.749. The van der Waals surface area contributed by atoms with Gasteiger partial charge < -0.3 is 10.1 Å². The lowest BCUT2D eigenvalue weighted by Crippen LogP contribution is -2.40. The zero-order chi connectivity index (χ0) is 17.7. The first-order valence-corrected chi connectivity index (χ1v) is 7.57. The second kappa shape index (κ2) is 7.42. The smallest absolute Gasteiger partial charge is 0.269 e. The molecule has 0 aliphatic carbocycles. The fraction of sp³-hybridized carbons (Fsp3) is 0.235. The molecule has 1 amide bonds. The van der Waals surface area contributed by atoms with Crippen LogP contribution >= 0.6 is 11.6 Å². The number of nitrogens with one attached hydrogen (secondary N) is 1. The summed E-state index contributed by atoms with van der Waals surface area (Å²) in [4.78, 5) is 22.4. The van der Waals surface area contributed by atoms with Crippen molar-refractivity contribution in [2.24, 2.45) is 0 Å². The van der Waals surface area contributed by atoms with E-state index < -0.39 is 10.5 Å². The number of nitro benzene ring substituents is 1. The molecule has 0 fully saturated rings. The number of hydrogen-bond acceptors (Lipinski definition) is 4. The van der Waals surface area contributed by atoms with E-state index in [-0.39, 0.29) is 18.1 Å². The molecule has 0 spiro atoms. The zero-order valence-corrected chi connectivity index (χ0v) is 14.0. The number of halogens is 1. The van der Waals surface area contributed by atoms with Gasteiger partial charge in [-0.15, -0.1) is 0 Å². The van der Waals surface area contributed by atoms with Crippen molar-refractivity contribution in [2.45, 2.75) is 12.5 Å². The van der Waals surface area contributed by atoms with E-state index in [1.807, 2.05) is 19.1 Å². The first-order valence-electron chi connectivity index (χ1n) is 7.19. The molecule has 0 saturated carbocycles. The molecule has 2 aromatic rings. The molecule has 0 saturated heterocycles. The van der Waals surface area contributed by atoms with Gasteiger partial charge in [0.05, 0.1) is 11.5 Å². The van der Waals surface area contributed by atoms with E-state index in [0.717, 1.165) is 5.56 Å². The second-order valence-electron chi connectivity index (χ2n) is 5.43. The van der Waals surface area contributed by atoms with Crippen molar-refractivity contribution in [1.29, 1.82) is 0 Å². The highest BCUT2D eigenvalue weighted by Gasteiger charge is 2.27. The van der Waals surface area contributed by atoms with Crippen LogP contribution in [0.15, 0.2) is 48.5 Å². The first-order chi connectivity index (χ1) is 11.4. The molecule has 0 bridgehead atoms. The van der Waals surface area contributed by atoms with Crippen LogP contribution < -0.4 is 5.32 Å². The second-order valence-corrected chi connectivity index (χ2v) is 5.87. The fourth-order valence-corrected chi connectivity index (χ4v) is 2.39. The van der Waals surface area contributed by atoms with Gasteiger partial charge in [0.15, 0.2) is 0 Å². The standard InChI is InChI=1S/C17H17ClN2O4/c1-17(24-2,13-4-3-5-14(18)10-13)11-19-16(21)12-6-8-15(9-7-12)20(22)23/h3-10H,11H2,1-2H3,(H,19,21). The van der Waals surface area contributed by atoms with E-state index in [4.69, 9.17) is 16.3 Å². The number of nitrogens with zero attached hydrogens (tertiary/aromatic N) is 1. The molecule has 0 heterocycles. The summed E-state index contributed by atoms with van der Waals surface area (Å²) in [5.41, 5.74) is 0.361. The van der Waals surface area contributed by atoms with E-state index in [2.05, 4.69) is 5.32 Å². The van der Waals surface area contributed by atoms with Crippen molar-refractivity contribution >= 4 is 23.2 Å². The molecular weight excluding hydrogens is 332 g/mol. The number of ether oxygens (including phenoxy) is 1. The van der Waals surface area contributed by atoms with Gasteiger partial charge in [-0.2, -0.15) is 0 Å². The van der Waals surface area contributed by atoms with Crippen LogP contribution in [0.25, 0.3) is 0 Å². The molecule has 6 nitrogen and oxygen atoms in total. The molecule has 7 heteroatoms. The van der Waals surface area contributed by atoms with Gasteiger partial charge in [-0.3, -0.25) is 14.9 Å². The summed E-state index contributed by atoms with van der Waals surface area (Å²) >= 11 is 6.01. The Balaban J connectivity index is 2.09. The summed E-state index contributed by atoms with van der Waals surface area (Å²) < 4.78 is 5.55. The lowest BCUT2D eigenvalue weighted by Gasteiger charge is -2.29. The third-order valence-electron chi connectivity index (χ3n) is 3.81. The van der Waals surface area contributed by atoms with Crippen LogP contribution in [0.4, 0.5) is 5.69 Å². The highest BCUT2D eigenvalue weighted by Crippen LogP contribution is 2.26. The van der Waals surface area contributed by atoms with Gasteiger partial charge in [0.2, 0.25) is 0 Å². The number of amides is 1. The van der Waals surface area contributed by atoms with Crippen molar-refractivity contribution in [3.05, 3.63) is 74.8 Å². The number of rotatable bonds is 6. The van der Waals surface area contributed by atoms with Crippen LogP contribution in [-0.2, 0) is 10.3 Å². The van der Waals surface area contributed by atoms with Crippen LogP contribution in [0.3, 0.4) is 0 Å². The third kappa shape index (κ3) is 4.10. The molecule has 2 rings (SSSR count). The number of nitro groups is 1. The molecule has 0 aliphatic rings. The monoisotopic (exact) mass is 348 g/mol. The van der Waals surface area contributed by atoms with Crippen LogP contribution in [0.5, 0.6) is 0 Å². The van der Waals surface area contributed by atoms with Crippen molar-refractivity contribution in [1.82, 2.24) is 5.32 Å². The fourth-order valence-electron chi connectivity index (χ4n) is 2.20. The Morgan fingerprint density at radius 1 is 1.29 bits per heavy atom. The molecule has 24 heavy (non-hydrogen) atoms. The number of benzene rings is 2. The summed E-state index contributed by atoms with van der Waals surface area (Å²) in [5.74, 6) is -0.338. The summed E-state index contributed by atoms with van der Waals surface area (Å²) in [5, 5.41) is 14.0. The summed E-state index contributed by atoms with van der Waals surface area (Å²) in [6, 6.07) is 12.6. The maximum atomic E-state index is 12.2. The molecule has 1 unspecified atom stereocenters. The number of carbonyl (C=O) groups is 1. The Hall–Kier alpha value is -2.44. The van der Waals surface area contributed by atoms with E-state index in [1.54, 1.807) is 19.2 Å². The highest BCUT2D eigenvalue weighted by atomic mass is 35.5. The van der Waals surface area contributed by atoms with E-state index >= 15 is 0 Å². The SMILES string of the molecule is COC(C)(CNC(=O)c1ccc([N+](=O)[O-])cc1)c1cccc(Cl)c1. The Morgan fingerprint density at radius 2 is 1.96 bits per heavy atom. The largest absolute Gasteiger partial charge is 0.372 e. The maximum absolute atomic E-state index is 12.2. The highest BCUT2D eigenvalue weighted by molar-refractivity contribution is 6.30. The minimum Gasteiger partial charge on any atom is -0.372 e. The Bertz CT molecular complexity index is 749. The van der Waals surface area contributed by atoms with Gasteiger partial charge in [0, 0.05) is 29.8 Å². The first kappa shape index (κ1) is 17.9. The molecule has 2 aromatic carbocycles. The summed E-state index contributed by atoms with van der Waals surface area (Å²) in [7, 11) is 1.55. The predicted octanol–water partition coefficient (Wildman–Crippen LogP) is 3.54. The van der Waals surface area contributed by atoms with Gasteiger partial charge in [0.1, 0.15) is 5.60 Å². The Kier molecular flexibility index (Phi) is 5.54. The topological polar surface area (TPSA) is 81.5 Å². The van der Waals surface area contributed by atoms with Crippen LogP contribution in [0.2, 0.25) is 5.02 Å². The van der Waals surface area contributed by atoms with Crippen molar-refractivity contribution < 1.29 is 14.5 Å². The van der Waals surface area contributed by atoms with Gasteiger partial charge in [-0.1, -0.05) is 23.7 Å². The average molecular weight is 349 g/mol. The van der Waals surface area contributed by atoms with E-state index in [0.29, 0.717) is 10.6 Å². The average Bonchev–Trinajstić information content (AvgIpc) is 2.59. The van der Waals surface area contributed by atoms with Crippen LogP contribution in [0, 0.1) is 10.1 Å². The maximum Gasteiger partial charge on any atom is 0.269 e. The van der Waals surface area contributed by atoms with Gasteiger partial charge in [0.25, 0.3) is 11.6 Å². The molecule has 0 radical (unpaired) electrons. The number of non-ortho nitro benzene ring substituents is 1. The van der Waals surface area contributed by atoms with Crippen molar-refractivity contribution in [2.75, 3.05) is 13.7 Å². The van der Waals surface area contributed by atoms with Crippen LogP contribution in [0.1, 0.15) is 22.8 Å². The number of carbonyl (C=O) groups excluding carboxylic acids is 1. The Morgan fingerprint density at radius 3 is 2.50 bits per heavy atom. The lowest BCUT2D eigenvalue weighted by molar-refractivity contribution is -0.384. The molecule has 1 atom stereocenters. The molecule has 1 N–H and O–H groups in total. The predicted molar refractivity (Wildman–Crippen MR) is 91.2 cm³/mol. The molecule has 126 valence electrons. The van der Waals surface area contributed by atoms with E-state index in [1.165, 1.54) is 24.3 Å². The van der Waals surface area contributed by atoms with Crippen molar-refractivity contribution in [3.63, 3.8) is 0 Å². The normalized spacial score (nSPS) is 13.1. The minimum absolute atomic E-state index is 0.0628. The zero-order valence-electron chi connectivity index (χ0n) is 13.3. The summed E-state index contributed by atoms with van der Waals surface area (Å²) in [6.07, 6.45) is 0. The quantitative estimate of drug-likeness (QED) is 0.639. The molecular formula is C17H17ClN2O4. The van der Waals surface area contributed by atoms with Crippen molar-refractivity contribution in [3.8, 4) is 0 Å². The molecule has 0 aliphatic heterocycles. The summed E-state index contributed by atoms with van der Waals surface area (Å²) in [6.45, 7) is 2.06. The molecule has 0 aromatic heterocycles. The number of hydrogen-bond donors (Lipinski definition) is 1. The van der Waals surface area contributed by atoms with E-state index in [9.17, 15) is 14.9 Å². The lowest BCUT2D eigenvalue weighted by atomic mass is 9.95. The number of methoxy groups -OCH3 is 1. The Labute approximate surface area is 144 Å². The van der Waals surface area contributed by atoms with Crippen LogP contribution in [-0.4, -0.2) is 24.5 Å². The van der Waals surface area contributed by atoms with Gasteiger partial charge >= 0.3 is 0 Å².